The molecular weight excluding hydrogens is 356 g/mol. The first kappa shape index (κ1) is 17.1. The van der Waals surface area contributed by atoms with Crippen LogP contribution in [0.1, 0.15) is 16.7 Å². The molecule has 1 heterocycles. The molecule has 3 nitrogen and oxygen atoms in total. The van der Waals surface area contributed by atoms with Gasteiger partial charge in [-0.3, -0.25) is 0 Å². The van der Waals surface area contributed by atoms with Crippen LogP contribution in [0.5, 0.6) is 5.75 Å². The fraction of sp³-hybridized carbons (Fsp3) is 0. The third-order valence-electron chi connectivity index (χ3n) is 4.34. The molecule has 0 bridgehead atoms. The van der Waals surface area contributed by atoms with Crippen LogP contribution >= 0.6 is 11.6 Å². The Kier molecular flexibility index (Phi) is 4.77. The molecule has 0 unspecified atom stereocenters. The summed E-state index contributed by atoms with van der Waals surface area (Å²) in [4.78, 5) is 4.20. The van der Waals surface area contributed by atoms with E-state index in [9.17, 15) is 5.11 Å². The molecule has 0 spiro atoms. The van der Waals surface area contributed by atoms with Gasteiger partial charge in [0.25, 0.3) is 0 Å². The predicted octanol–water partition coefficient (Wildman–Crippen LogP) is 5.71. The van der Waals surface area contributed by atoms with Crippen molar-refractivity contribution in [1.82, 2.24) is 9.55 Å². The van der Waals surface area contributed by atoms with Gasteiger partial charge in [-0.25, -0.2) is 4.98 Å². The van der Waals surface area contributed by atoms with Crippen LogP contribution in [0.3, 0.4) is 0 Å². The number of rotatable bonds is 4. The quantitative estimate of drug-likeness (QED) is 0.466. The monoisotopic (exact) mass is 372 g/mol. The van der Waals surface area contributed by atoms with Gasteiger partial charge in [-0.05, 0) is 29.3 Å². The molecule has 0 saturated heterocycles. The highest BCUT2D eigenvalue weighted by molar-refractivity contribution is 6.30. The summed E-state index contributed by atoms with van der Waals surface area (Å²) in [6, 6.07) is 25.3. The third-order valence-corrected chi connectivity index (χ3v) is 4.57. The minimum atomic E-state index is 0.160. The molecule has 4 heteroatoms. The molecule has 0 atom stereocenters. The largest absolute Gasteiger partial charge is 0.507 e. The van der Waals surface area contributed by atoms with Crippen molar-refractivity contribution in [2.45, 2.75) is 0 Å². The van der Waals surface area contributed by atoms with Crippen molar-refractivity contribution in [3.8, 4) is 5.75 Å². The summed E-state index contributed by atoms with van der Waals surface area (Å²) < 4.78 is 1.90. The number of phenolic OH excluding ortho intramolecular Hbond substituents is 1. The molecule has 0 aliphatic rings. The fourth-order valence-electron chi connectivity index (χ4n) is 3.14. The van der Waals surface area contributed by atoms with Crippen molar-refractivity contribution < 1.29 is 5.11 Å². The smallest absolute Gasteiger partial charge is 0.125 e. The van der Waals surface area contributed by atoms with Crippen molar-refractivity contribution >= 4 is 22.9 Å². The number of benzene rings is 3. The fourth-order valence-corrected chi connectivity index (χ4v) is 3.31. The maximum atomic E-state index is 10.6. The number of halogens is 1. The lowest BCUT2D eigenvalue weighted by Crippen LogP contribution is -2.03. The lowest BCUT2D eigenvalue weighted by Gasteiger charge is -2.19. The van der Waals surface area contributed by atoms with E-state index in [1.54, 1.807) is 30.7 Å². The highest BCUT2D eigenvalue weighted by Crippen LogP contribution is 2.37. The van der Waals surface area contributed by atoms with Crippen LogP contribution in [-0.4, -0.2) is 14.7 Å². The first-order valence-electron chi connectivity index (χ1n) is 8.56. The van der Waals surface area contributed by atoms with Crippen LogP contribution in [-0.2, 0) is 0 Å². The summed E-state index contributed by atoms with van der Waals surface area (Å²) in [5, 5.41) is 11.2. The second kappa shape index (κ2) is 7.52. The lowest BCUT2D eigenvalue weighted by atomic mass is 9.92. The zero-order valence-corrected chi connectivity index (χ0v) is 15.2. The SMILES string of the molecule is Oc1ccc(Cl)cc1C(=C(c1ccccc1)c1ccccc1)n1ccnc1. The molecule has 0 aliphatic carbocycles. The molecule has 3 aromatic carbocycles. The molecule has 0 amide bonds. The Morgan fingerprint density at radius 1 is 0.852 bits per heavy atom. The number of hydrogen-bond acceptors (Lipinski definition) is 2. The van der Waals surface area contributed by atoms with Crippen molar-refractivity contribution in [3.63, 3.8) is 0 Å². The lowest BCUT2D eigenvalue weighted by molar-refractivity contribution is 0.473. The van der Waals surface area contributed by atoms with Crippen LogP contribution < -0.4 is 0 Å². The van der Waals surface area contributed by atoms with Gasteiger partial charge in [0.2, 0.25) is 0 Å². The van der Waals surface area contributed by atoms with Crippen molar-refractivity contribution in [2.24, 2.45) is 0 Å². The van der Waals surface area contributed by atoms with Gasteiger partial charge in [0.15, 0.2) is 0 Å². The number of imidazole rings is 1. The van der Waals surface area contributed by atoms with E-state index in [0.717, 1.165) is 22.4 Å². The summed E-state index contributed by atoms with van der Waals surface area (Å²) in [6.07, 6.45) is 5.30. The Morgan fingerprint density at radius 3 is 2.04 bits per heavy atom. The summed E-state index contributed by atoms with van der Waals surface area (Å²) in [7, 11) is 0. The van der Waals surface area contributed by atoms with E-state index in [1.165, 1.54) is 0 Å². The average Bonchev–Trinajstić information content (AvgIpc) is 3.24. The molecule has 0 fully saturated rings. The minimum Gasteiger partial charge on any atom is -0.507 e. The van der Waals surface area contributed by atoms with Crippen LogP contribution in [0.4, 0.5) is 0 Å². The van der Waals surface area contributed by atoms with Crippen molar-refractivity contribution in [3.05, 3.63) is 119 Å². The first-order chi connectivity index (χ1) is 13.2. The maximum Gasteiger partial charge on any atom is 0.125 e. The van der Waals surface area contributed by atoms with Crippen LogP contribution in [0.25, 0.3) is 11.3 Å². The van der Waals surface area contributed by atoms with Gasteiger partial charge >= 0.3 is 0 Å². The number of hydrogen-bond donors (Lipinski definition) is 1. The molecule has 27 heavy (non-hydrogen) atoms. The minimum absolute atomic E-state index is 0.160. The standard InChI is InChI=1S/C23H17ClN2O/c24-19-11-12-21(27)20(15-19)23(26-14-13-25-16-26)22(17-7-3-1-4-8-17)18-9-5-2-6-10-18/h1-16,27H. The maximum absolute atomic E-state index is 10.6. The van der Waals surface area contributed by atoms with Gasteiger partial charge in [0, 0.05) is 28.6 Å². The van der Waals surface area contributed by atoms with Gasteiger partial charge in [-0.1, -0.05) is 72.3 Å². The molecule has 1 aromatic heterocycles. The number of aromatic hydroxyl groups is 1. The normalized spacial score (nSPS) is 10.6. The van der Waals surface area contributed by atoms with Gasteiger partial charge in [-0.2, -0.15) is 0 Å². The molecule has 132 valence electrons. The van der Waals surface area contributed by atoms with Crippen LogP contribution in [0, 0.1) is 0 Å². The van der Waals surface area contributed by atoms with E-state index >= 15 is 0 Å². The molecule has 4 aromatic rings. The van der Waals surface area contributed by atoms with Gasteiger partial charge in [-0.15, -0.1) is 0 Å². The number of phenols is 1. The van der Waals surface area contributed by atoms with E-state index in [1.807, 2.05) is 47.2 Å². The molecule has 0 saturated carbocycles. The third kappa shape index (κ3) is 3.50. The Bertz CT molecular complexity index is 1030. The zero-order chi connectivity index (χ0) is 18.6. The zero-order valence-electron chi connectivity index (χ0n) is 14.5. The highest BCUT2D eigenvalue weighted by atomic mass is 35.5. The van der Waals surface area contributed by atoms with E-state index < -0.39 is 0 Å². The van der Waals surface area contributed by atoms with Crippen molar-refractivity contribution in [1.29, 1.82) is 0 Å². The second-order valence-corrected chi connectivity index (χ2v) is 6.52. The second-order valence-electron chi connectivity index (χ2n) is 6.09. The van der Waals surface area contributed by atoms with Crippen LogP contribution in [0.15, 0.2) is 97.6 Å². The van der Waals surface area contributed by atoms with Gasteiger partial charge in [0.05, 0.1) is 12.0 Å². The Hall–Kier alpha value is -3.30. The predicted molar refractivity (Wildman–Crippen MR) is 110 cm³/mol. The molecule has 1 N–H and O–H groups in total. The molecule has 0 radical (unpaired) electrons. The summed E-state index contributed by atoms with van der Waals surface area (Å²) in [6.45, 7) is 0. The highest BCUT2D eigenvalue weighted by Gasteiger charge is 2.18. The van der Waals surface area contributed by atoms with Gasteiger partial charge in [0.1, 0.15) is 5.75 Å². The van der Waals surface area contributed by atoms with E-state index in [4.69, 9.17) is 11.6 Å². The molecular formula is C23H17ClN2O. The summed E-state index contributed by atoms with van der Waals surface area (Å²) in [5.74, 6) is 0.160. The Labute approximate surface area is 162 Å². The average molecular weight is 373 g/mol. The molecule has 4 rings (SSSR count). The number of aromatic nitrogens is 2. The topological polar surface area (TPSA) is 38.0 Å². The summed E-state index contributed by atoms with van der Waals surface area (Å²) in [5.41, 5.74) is 4.50. The van der Waals surface area contributed by atoms with E-state index in [0.29, 0.717) is 10.6 Å². The van der Waals surface area contributed by atoms with E-state index in [-0.39, 0.29) is 5.75 Å². The number of nitrogens with zero attached hydrogens (tertiary/aromatic N) is 2. The summed E-state index contributed by atoms with van der Waals surface area (Å²) >= 11 is 6.26. The van der Waals surface area contributed by atoms with Crippen molar-refractivity contribution in [2.75, 3.05) is 0 Å². The van der Waals surface area contributed by atoms with Gasteiger partial charge < -0.3 is 9.67 Å². The first-order valence-corrected chi connectivity index (χ1v) is 8.94. The molecule has 0 aliphatic heterocycles. The van der Waals surface area contributed by atoms with Crippen LogP contribution in [0.2, 0.25) is 5.02 Å². The Balaban J connectivity index is 2.13. The van der Waals surface area contributed by atoms with E-state index in [2.05, 4.69) is 29.2 Å². The Morgan fingerprint density at radius 2 is 1.48 bits per heavy atom.